The van der Waals surface area contributed by atoms with Crippen LogP contribution >= 0.6 is 11.6 Å². The minimum Gasteiger partial charge on any atom is -0.419 e. The fourth-order valence-corrected chi connectivity index (χ4v) is 5.10. The molecule has 174 valence electrons. The van der Waals surface area contributed by atoms with Crippen LogP contribution in [0.25, 0.3) is 11.5 Å². The summed E-state index contributed by atoms with van der Waals surface area (Å²) in [6.45, 7) is 3.26. The second-order valence-corrected chi connectivity index (χ2v) is 10.8. The maximum absolute atomic E-state index is 15.1. The van der Waals surface area contributed by atoms with Gasteiger partial charge in [-0.1, -0.05) is 23.7 Å². The number of rotatable bonds is 4. The lowest BCUT2D eigenvalue weighted by Gasteiger charge is -2.24. The van der Waals surface area contributed by atoms with Crippen molar-refractivity contribution in [3.8, 4) is 11.5 Å². The molecule has 0 spiro atoms. The van der Waals surface area contributed by atoms with Crippen LogP contribution in [0, 0.1) is 5.82 Å². The van der Waals surface area contributed by atoms with Gasteiger partial charge in [0.25, 0.3) is 5.89 Å². The summed E-state index contributed by atoms with van der Waals surface area (Å²) in [7, 11) is -4.07. The van der Waals surface area contributed by atoms with Gasteiger partial charge in [0.2, 0.25) is 11.8 Å². The van der Waals surface area contributed by atoms with Gasteiger partial charge in [-0.05, 0) is 43.7 Å². The number of carbonyl (C=O) groups is 1. The van der Waals surface area contributed by atoms with Crippen molar-refractivity contribution in [2.45, 2.75) is 36.9 Å². The Labute approximate surface area is 194 Å². The van der Waals surface area contributed by atoms with Crippen molar-refractivity contribution in [3.63, 3.8) is 0 Å². The van der Waals surface area contributed by atoms with Crippen LogP contribution in [0.2, 0.25) is 5.02 Å². The molecule has 12 heteroatoms. The van der Waals surface area contributed by atoms with Crippen molar-refractivity contribution in [2.75, 3.05) is 10.7 Å². The summed E-state index contributed by atoms with van der Waals surface area (Å²) >= 11 is 5.94. The van der Waals surface area contributed by atoms with E-state index in [2.05, 4.69) is 10.2 Å². The van der Waals surface area contributed by atoms with E-state index >= 15 is 4.39 Å². The molecule has 9 nitrogen and oxygen atoms in total. The second-order valence-electron chi connectivity index (χ2n) is 8.37. The molecule has 4 rings (SSSR count). The third-order valence-corrected chi connectivity index (χ3v) is 7.16. The largest absolute Gasteiger partial charge is 0.419 e. The second kappa shape index (κ2) is 8.17. The van der Waals surface area contributed by atoms with E-state index < -0.39 is 38.9 Å². The van der Waals surface area contributed by atoms with Gasteiger partial charge in [-0.25, -0.2) is 12.8 Å². The first kappa shape index (κ1) is 23.3. The number of carbonyl (C=O) groups excluding carboxylic acids is 1. The Morgan fingerprint density at radius 1 is 1.24 bits per heavy atom. The number of sulfone groups is 1. The predicted molar refractivity (Wildman–Crippen MR) is 120 cm³/mol. The fourth-order valence-electron chi connectivity index (χ4n) is 3.41. The Bertz CT molecular complexity index is 1340. The molecule has 0 saturated heterocycles. The van der Waals surface area contributed by atoms with Gasteiger partial charge >= 0.3 is 0 Å². The highest BCUT2D eigenvalue weighted by atomic mass is 35.5. The predicted octanol–water partition coefficient (Wildman–Crippen LogP) is 2.37. The molecule has 3 aromatic rings. The first-order chi connectivity index (χ1) is 15.4. The van der Waals surface area contributed by atoms with E-state index in [1.54, 1.807) is 38.1 Å². The number of nitrogens with zero attached hydrogens (tertiary/aromatic N) is 3. The van der Waals surface area contributed by atoms with E-state index in [9.17, 15) is 13.2 Å². The van der Waals surface area contributed by atoms with Gasteiger partial charge in [-0.3, -0.25) is 4.79 Å². The highest BCUT2D eigenvalue weighted by Crippen LogP contribution is 2.37. The summed E-state index contributed by atoms with van der Waals surface area (Å²) in [5.41, 5.74) is 11.3. The van der Waals surface area contributed by atoms with Gasteiger partial charge in [-0.15, -0.1) is 10.2 Å². The lowest BCUT2D eigenvalue weighted by atomic mass is 10.1. The van der Waals surface area contributed by atoms with E-state index in [1.807, 2.05) is 0 Å². The molecular formula is C21H21ClFN5O4S. The smallest absolute Gasteiger partial charge is 0.250 e. The average Bonchev–Trinajstić information content (AvgIpc) is 3.21. The first-order valence-corrected chi connectivity index (χ1v) is 11.9. The fraction of sp³-hybridized carbons (Fsp3) is 0.286. The molecule has 0 saturated carbocycles. The summed E-state index contributed by atoms with van der Waals surface area (Å²) in [5, 5.41) is 8.19. The Balaban J connectivity index is 1.89. The zero-order chi connectivity index (χ0) is 24.1. The molecule has 1 aliphatic rings. The van der Waals surface area contributed by atoms with Crippen molar-refractivity contribution in [3.05, 3.63) is 58.7 Å². The molecule has 33 heavy (non-hydrogen) atoms. The number of benzene rings is 2. The van der Waals surface area contributed by atoms with Gasteiger partial charge in [0, 0.05) is 5.02 Å². The molecule has 0 fully saturated rings. The standard InChI is InChI=1S/C21H21ClFN5O4S/c1-21(2,25)20-27-26-18(32-20)13-7-16-17(8-14(13)23)33(30,31)10-15(24)19(29)28(16)9-11-3-5-12(22)6-4-11/h3-8,15H,9-10,24-25H2,1-2H3/t15-/m0/s1. The molecule has 2 aromatic carbocycles. The number of aromatic nitrogens is 2. The van der Waals surface area contributed by atoms with Crippen LogP contribution < -0.4 is 16.4 Å². The summed E-state index contributed by atoms with van der Waals surface area (Å²) < 4.78 is 46.4. The van der Waals surface area contributed by atoms with E-state index in [0.717, 1.165) is 6.07 Å². The lowest BCUT2D eigenvalue weighted by Crippen LogP contribution is -2.45. The molecule has 0 aliphatic carbocycles. The van der Waals surface area contributed by atoms with E-state index in [4.69, 9.17) is 27.5 Å². The number of hydrogen-bond acceptors (Lipinski definition) is 8. The highest BCUT2D eigenvalue weighted by Gasteiger charge is 2.37. The quantitative estimate of drug-likeness (QED) is 0.563. The van der Waals surface area contributed by atoms with Crippen LogP contribution in [0.15, 0.2) is 45.7 Å². The maximum Gasteiger partial charge on any atom is 0.250 e. The van der Waals surface area contributed by atoms with E-state index in [-0.39, 0.29) is 34.5 Å². The minimum atomic E-state index is -4.07. The number of hydrogen-bond donors (Lipinski definition) is 2. The average molecular weight is 494 g/mol. The van der Waals surface area contributed by atoms with Crippen LogP contribution in [-0.2, 0) is 26.7 Å². The molecule has 1 atom stereocenters. The number of halogens is 2. The third-order valence-electron chi connectivity index (χ3n) is 5.12. The van der Waals surface area contributed by atoms with Crippen molar-refractivity contribution < 1.29 is 22.0 Å². The van der Waals surface area contributed by atoms with Crippen molar-refractivity contribution >= 4 is 33.0 Å². The normalized spacial score (nSPS) is 18.2. The summed E-state index contributed by atoms with van der Waals surface area (Å²) in [4.78, 5) is 13.9. The van der Waals surface area contributed by atoms with Crippen molar-refractivity contribution in [1.29, 1.82) is 0 Å². The number of nitrogens with two attached hydrogens (primary N) is 2. The minimum absolute atomic E-state index is 0.0117. The lowest BCUT2D eigenvalue weighted by molar-refractivity contribution is -0.119. The summed E-state index contributed by atoms with van der Waals surface area (Å²) in [5.74, 6) is -2.32. The van der Waals surface area contributed by atoms with Gasteiger partial charge in [0.05, 0.1) is 40.0 Å². The van der Waals surface area contributed by atoms with Crippen LogP contribution in [0.4, 0.5) is 10.1 Å². The van der Waals surface area contributed by atoms with Gasteiger partial charge in [0.15, 0.2) is 9.84 Å². The van der Waals surface area contributed by atoms with Gasteiger partial charge < -0.3 is 20.8 Å². The Morgan fingerprint density at radius 3 is 2.52 bits per heavy atom. The molecule has 2 heterocycles. The molecule has 4 N–H and O–H groups in total. The van der Waals surface area contributed by atoms with Gasteiger partial charge in [0.1, 0.15) is 5.82 Å². The molecule has 0 unspecified atom stereocenters. The van der Waals surface area contributed by atoms with Gasteiger partial charge in [-0.2, -0.15) is 0 Å². The molecule has 1 aromatic heterocycles. The Hall–Kier alpha value is -2.86. The third kappa shape index (κ3) is 4.49. The highest BCUT2D eigenvalue weighted by molar-refractivity contribution is 7.91. The van der Waals surface area contributed by atoms with E-state index in [1.165, 1.54) is 11.0 Å². The van der Waals surface area contributed by atoms with Crippen LogP contribution in [0.5, 0.6) is 0 Å². The molecular weight excluding hydrogens is 473 g/mol. The number of amides is 1. The topological polar surface area (TPSA) is 145 Å². The number of fused-ring (bicyclic) bond motifs is 1. The zero-order valence-electron chi connectivity index (χ0n) is 17.7. The van der Waals surface area contributed by atoms with Crippen LogP contribution in [0.1, 0.15) is 25.3 Å². The SMILES string of the molecule is CC(C)(N)c1nnc(-c2cc3c(cc2F)S(=O)(=O)C[C@H](N)C(=O)N3Cc2ccc(Cl)cc2)o1. The van der Waals surface area contributed by atoms with E-state index in [0.29, 0.717) is 10.6 Å². The first-order valence-electron chi connectivity index (χ1n) is 9.88. The van der Waals surface area contributed by atoms with Crippen molar-refractivity contribution in [1.82, 2.24) is 10.2 Å². The van der Waals surface area contributed by atoms with Crippen LogP contribution in [-0.4, -0.2) is 36.3 Å². The molecule has 0 radical (unpaired) electrons. The number of anilines is 1. The Morgan fingerprint density at radius 2 is 1.91 bits per heavy atom. The Kier molecular flexibility index (Phi) is 5.77. The van der Waals surface area contributed by atoms with Crippen molar-refractivity contribution in [2.24, 2.45) is 11.5 Å². The zero-order valence-corrected chi connectivity index (χ0v) is 19.3. The molecule has 1 aliphatic heterocycles. The summed E-state index contributed by atoms with van der Waals surface area (Å²) in [6, 6.07) is 7.39. The molecule has 0 bridgehead atoms. The monoisotopic (exact) mass is 493 g/mol. The molecule has 1 amide bonds. The maximum atomic E-state index is 15.1. The summed E-state index contributed by atoms with van der Waals surface area (Å²) in [6.07, 6.45) is 0. The van der Waals surface area contributed by atoms with Crippen LogP contribution in [0.3, 0.4) is 0 Å².